The standard InChI is InChI=1S/C19H22FNO2.C18H14F4N2O.C18H20FNO.C17H14ClF4NO.C17H17F2NO2.C16H14ClF2NO/c1-3-22-15-6-7-17(12(2)8-15)18-10-14(20)9-13-4-5-16(11-21)23-19(13)18;19-12-6-11-2-3-13(9-24)25-17(11)15(7-12)14-5-10(8-23)1-4-16(14)18(20,21)22;1-11-3-6-16(12(2)7-11)17-9-14(19)8-13-4-5-15(10-20)21-18(13)17;18-10-2-4-13(15(6-10)17(20,21)22)14-7-11(19)5-9-1-3-12(8-23)24-16(9)14;1-21-16-5-3-11(18)7-14(16)15-8-12(19)6-10-2-4-13(9-20)22-17(10)15;17-14-3-1-2-12(15(14)19)13-7-10(18)6-9-4-5-11(8-20)21-16(9)13/h6-10,16H,3-5,11,21H2,1-2H3;1,4-7,13H,2-3,9,24H2;3,6-9,15H,4-5,10,20H2,1-2H3;2,4-7,12H,1,3,8,23H2;3,5-8,13H,2,4,9,20H2,1H3;1-3,6-7,11H,4-5,8,20H2/t16-;13-;15-;12-;13-;11-/m111111/s1. The van der Waals surface area contributed by atoms with E-state index in [-0.39, 0.29) is 122 Å². The molecule has 0 bridgehead atoms. The van der Waals surface area contributed by atoms with Gasteiger partial charge in [0.05, 0.1) is 41.5 Å². The van der Waals surface area contributed by atoms with Gasteiger partial charge in [-0.15, -0.1) is 0 Å². The van der Waals surface area contributed by atoms with Crippen LogP contribution in [0.1, 0.15) is 112 Å². The minimum absolute atomic E-state index is 0.00306. The highest BCUT2D eigenvalue weighted by Gasteiger charge is 2.39. The van der Waals surface area contributed by atoms with Crippen LogP contribution in [0.5, 0.6) is 46.0 Å². The molecule has 6 aliphatic rings. The Morgan fingerprint density at radius 3 is 1.05 bits per heavy atom. The van der Waals surface area contributed by atoms with Gasteiger partial charge in [-0.25, -0.2) is 35.1 Å². The van der Waals surface area contributed by atoms with Crippen molar-refractivity contribution in [3.8, 4) is 119 Å². The minimum atomic E-state index is -4.65. The van der Waals surface area contributed by atoms with E-state index in [4.69, 9.17) is 101 Å². The molecule has 31 heteroatoms. The van der Waals surface area contributed by atoms with E-state index in [1.165, 1.54) is 85.5 Å². The SMILES string of the molecule is CCOc1ccc(-c2cc(F)cc3c2O[C@@H](CN)CC3)c(C)c1.COc1ccc(F)cc1-c1cc(F)cc2c1O[C@@H](CN)CC2.Cc1ccc(-c2cc(F)cc3c2O[C@@H](CN)CC3)c(C)c1.N#Cc1ccc(C(F)(F)F)c(-c2cc(F)cc3c2O[C@@H](CN)CC3)c1.NC[C@H]1CCc2cc(F)cc(-c3ccc(Cl)cc3C(F)(F)F)c2O1.NC[C@H]1CCc2cc(F)cc(-c3cccc(Cl)c3F)c2O1. The van der Waals surface area contributed by atoms with Gasteiger partial charge < -0.3 is 72.3 Å². The summed E-state index contributed by atoms with van der Waals surface area (Å²) in [5.74, 6) is 0.859. The molecule has 0 aromatic heterocycles. The lowest BCUT2D eigenvalue weighted by Crippen LogP contribution is -2.30. The molecule has 136 heavy (non-hydrogen) atoms. The molecule has 0 saturated carbocycles. The number of rotatable bonds is 15. The number of fused-ring (bicyclic) bond motifs is 6. The zero-order valence-electron chi connectivity index (χ0n) is 74.9. The van der Waals surface area contributed by atoms with Crippen molar-refractivity contribution in [1.82, 2.24) is 0 Å². The van der Waals surface area contributed by atoms with Crippen LogP contribution in [-0.2, 0) is 50.9 Å². The lowest BCUT2D eigenvalue weighted by molar-refractivity contribution is -0.137. The van der Waals surface area contributed by atoms with E-state index in [0.717, 1.165) is 148 Å². The van der Waals surface area contributed by atoms with E-state index < -0.39 is 52.6 Å². The van der Waals surface area contributed by atoms with Gasteiger partial charge in [-0.2, -0.15) is 31.6 Å². The molecule has 0 spiro atoms. The summed E-state index contributed by atoms with van der Waals surface area (Å²) < 4.78 is 238. The fraction of sp³-hybridized carbons (Fsp3) is 0.305. The fourth-order valence-electron chi connectivity index (χ4n) is 17.3. The summed E-state index contributed by atoms with van der Waals surface area (Å²) in [6.07, 6.45) is -1.95. The smallest absolute Gasteiger partial charge is 0.417 e. The summed E-state index contributed by atoms with van der Waals surface area (Å²) in [6.45, 7) is 10.8. The molecule has 12 aromatic carbocycles. The lowest BCUT2D eigenvalue weighted by Gasteiger charge is -2.28. The zero-order valence-corrected chi connectivity index (χ0v) is 76.5. The van der Waals surface area contributed by atoms with Crippen LogP contribution in [0.15, 0.2) is 182 Å². The van der Waals surface area contributed by atoms with E-state index >= 15 is 0 Å². The second-order valence-electron chi connectivity index (χ2n) is 33.5. The molecule has 0 unspecified atom stereocenters. The summed E-state index contributed by atoms with van der Waals surface area (Å²) in [5, 5.41) is 8.98. The monoisotopic (exact) mass is 1920 g/mol. The summed E-state index contributed by atoms with van der Waals surface area (Å²) in [7, 11) is 1.49. The van der Waals surface area contributed by atoms with E-state index in [1.807, 2.05) is 57.2 Å². The van der Waals surface area contributed by atoms with Crippen LogP contribution in [0.4, 0.5) is 61.5 Å². The summed E-state index contributed by atoms with van der Waals surface area (Å²) >= 11 is 11.5. The largest absolute Gasteiger partial charge is 0.496 e. The molecule has 0 radical (unpaired) electrons. The topological polar surface area (TPSA) is 254 Å². The van der Waals surface area contributed by atoms with Crippen LogP contribution in [-0.4, -0.2) is 89.6 Å². The number of nitrogens with zero attached hydrogens (tertiary/aromatic N) is 1. The number of alkyl halides is 6. The van der Waals surface area contributed by atoms with E-state index in [1.54, 1.807) is 36.4 Å². The first-order chi connectivity index (χ1) is 65.0. The van der Waals surface area contributed by atoms with Crippen molar-refractivity contribution in [3.05, 3.63) is 305 Å². The van der Waals surface area contributed by atoms with Crippen molar-refractivity contribution < 1.29 is 99.4 Å². The first-order valence-corrected chi connectivity index (χ1v) is 45.0. The number of ether oxygens (including phenoxy) is 8. The molecule has 15 nitrogen and oxygen atoms in total. The minimum Gasteiger partial charge on any atom is -0.496 e. The van der Waals surface area contributed by atoms with Gasteiger partial charge in [0.15, 0.2) is 0 Å². The lowest BCUT2D eigenvalue weighted by atomic mass is 9.91. The number of nitriles is 1. The highest BCUT2D eigenvalue weighted by Crippen LogP contribution is 2.51. The van der Waals surface area contributed by atoms with Crippen LogP contribution in [0.3, 0.4) is 0 Å². The molecule has 12 N–H and O–H groups in total. The van der Waals surface area contributed by atoms with Crippen molar-refractivity contribution in [3.63, 3.8) is 0 Å². The Hall–Kier alpha value is -12.1. The maximum atomic E-state index is 14.2. The second kappa shape index (κ2) is 44.8. The second-order valence-corrected chi connectivity index (χ2v) is 34.3. The van der Waals surface area contributed by atoms with Gasteiger partial charge in [0.1, 0.15) is 129 Å². The number of hydrogen-bond donors (Lipinski definition) is 6. The highest BCUT2D eigenvalue weighted by molar-refractivity contribution is 6.31. The third-order valence-corrected chi connectivity index (χ3v) is 24.5. The molecule has 0 aliphatic carbocycles. The Labute approximate surface area is 788 Å². The Kier molecular flexibility index (Phi) is 33.4. The van der Waals surface area contributed by atoms with Crippen molar-refractivity contribution in [1.29, 1.82) is 5.26 Å². The molecule has 6 heterocycles. The normalized spacial score (nSPS) is 17.0. The molecule has 0 amide bonds. The number of aryl methyl sites for hydroxylation is 9. The maximum absolute atomic E-state index is 14.2. The average Bonchev–Trinajstić information content (AvgIpc) is 0.457. The van der Waals surface area contributed by atoms with E-state index in [9.17, 15) is 61.5 Å². The van der Waals surface area contributed by atoms with Crippen LogP contribution in [0.25, 0.3) is 66.8 Å². The third-order valence-electron chi connectivity index (χ3n) is 24.0. The van der Waals surface area contributed by atoms with Gasteiger partial charge in [0.25, 0.3) is 0 Å². The van der Waals surface area contributed by atoms with Crippen molar-refractivity contribution in [2.45, 2.75) is 154 Å². The van der Waals surface area contributed by atoms with E-state index in [2.05, 4.69) is 13.0 Å². The molecular weight excluding hydrogens is 1820 g/mol. The molecule has 0 saturated heterocycles. The quantitative estimate of drug-likeness (QED) is 0.0522. The van der Waals surface area contributed by atoms with Crippen LogP contribution >= 0.6 is 23.2 Å². The molecule has 716 valence electrons. The van der Waals surface area contributed by atoms with Gasteiger partial charge in [-0.1, -0.05) is 71.2 Å². The van der Waals surface area contributed by atoms with Crippen molar-refractivity contribution in [2.75, 3.05) is 53.0 Å². The first kappa shape index (κ1) is 101. The van der Waals surface area contributed by atoms with Gasteiger partial charge in [-0.3, -0.25) is 0 Å². The predicted molar refractivity (Wildman–Crippen MR) is 498 cm³/mol. The van der Waals surface area contributed by atoms with Crippen LogP contribution in [0.2, 0.25) is 10.0 Å². The summed E-state index contributed by atoms with van der Waals surface area (Å²) in [6, 6.07) is 45.4. The average molecular weight is 1930 g/mol. The third kappa shape index (κ3) is 24.1. The highest BCUT2D eigenvalue weighted by atomic mass is 35.5. The Bertz CT molecular complexity index is 6380. The van der Waals surface area contributed by atoms with Gasteiger partial charge >= 0.3 is 12.4 Å². The van der Waals surface area contributed by atoms with Gasteiger partial charge in [-0.05, 0) is 311 Å². The number of benzene rings is 12. The molecule has 0 fully saturated rings. The number of hydrogen-bond acceptors (Lipinski definition) is 15. The Balaban J connectivity index is 0.000000138. The Morgan fingerprint density at radius 1 is 0.353 bits per heavy atom. The molecule has 6 atom stereocenters. The molecule has 12 aromatic rings. The van der Waals surface area contributed by atoms with E-state index in [0.29, 0.717) is 116 Å². The van der Waals surface area contributed by atoms with Gasteiger partial charge in [0, 0.05) is 88.8 Å². The Morgan fingerprint density at radius 2 is 0.699 bits per heavy atom. The number of halogens is 16. The summed E-state index contributed by atoms with van der Waals surface area (Å²) in [4.78, 5) is 0. The maximum Gasteiger partial charge on any atom is 0.417 e. The number of methoxy groups -OCH3 is 1. The number of nitrogens with two attached hydrogens (primary N) is 6. The molecule has 6 aliphatic heterocycles. The summed E-state index contributed by atoms with van der Waals surface area (Å²) in [5.41, 5.74) is 44.7. The molecule has 18 rings (SSSR count). The molecular formula is C105H101Cl2F14N7O8. The fourth-order valence-corrected chi connectivity index (χ4v) is 17.6. The van der Waals surface area contributed by atoms with Crippen LogP contribution in [0, 0.1) is 78.6 Å². The van der Waals surface area contributed by atoms with Crippen molar-refractivity contribution in [2.24, 2.45) is 34.4 Å². The first-order valence-electron chi connectivity index (χ1n) is 44.3. The van der Waals surface area contributed by atoms with Crippen LogP contribution < -0.4 is 72.3 Å². The zero-order chi connectivity index (χ0) is 97.7. The predicted octanol–water partition coefficient (Wildman–Crippen LogP) is 23.7. The van der Waals surface area contributed by atoms with Crippen molar-refractivity contribution >= 4 is 23.2 Å². The van der Waals surface area contributed by atoms with Gasteiger partial charge in [0.2, 0.25) is 0 Å².